The van der Waals surface area contributed by atoms with Crippen LogP contribution in [0.15, 0.2) is 297 Å². The molecule has 682 valence electrons. The molecule has 4 aliphatic rings. The lowest BCUT2D eigenvalue weighted by Crippen LogP contribution is -2.43. The van der Waals surface area contributed by atoms with E-state index in [2.05, 4.69) is 82.8 Å². The summed E-state index contributed by atoms with van der Waals surface area (Å²) in [6.45, 7) is 11.7. The number of para-hydroxylation sites is 4. The quantitative estimate of drug-likeness (QED) is 0.0561. The SMILES string of the molecule is C#Cn1c(C(=O)N2CCC(C(=O)N(C)Cc3ccccc3)CC2)cc2ccccc21.CN(Cc1ccccc1)C(=O)C1CCN(C(=O)c2cc3ccccc3n2Cc2ccccc2)CC1.COCCn1c(C(=O)N2CCC(C(=O)N(C)Cc3ccccc3)CC2)cc2ccccc21.Cc1ccc(Cn2c(C(=O)N3CCC(C(=O)N(C)Cc4ccccc4)CC3)cc3ccccc32)cc1. The van der Waals surface area contributed by atoms with Crippen molar-refractivity contribution in [2.24, 2.45) is 23.7 Å². The molecule has 0 N–H and O–H groups in total. The van der Waals surface area contributed by atoms with Crippen LogP contribution < -0.4 is 0 Å². The predicted octanol–water partition coefficient (Wildman–Crippen LogP) is 18.1. The highest BCUT2D eigenvalue weighted by Gasteiger charge is 2.37. The second-order valence-corrected chi connectivity index (χ2v) is 35.6. The van der Waals surface area contributed by atoms with Crippen molar-refractivity contribution in [2.75, 3.05) is 94.3 Å². The number of carbonyl (C=O) groups excluding carboxylic acids is 8. The van der Waals surface area contributed by atoms with E-state index in [-0.39, 0.29) is 70.9 Å². The molecule has 0 radical (unpaired) electrons. The third-order valence-corrected chi connectivity index (χ3v) is 26.4. The van der Waals surface area contributed by atoms with Crippen molar-refractivity contribution in [3.63, 3.8) is 0 Å². The van der Waals surface area contributed by atoms with E-state index in [1.807, 2.05) is 299 Å². The Morgan fingerprint density at radius 3 is 0.850 bits per heavy atom. The van der Waals surface area contributed by atoms with Gasteiger partial charge in [-0.3, -0.25) is 42.9 Å². The molecule has 8 heterocycles. The number of carbonyl (C=O) groups is 8. The standard InChI is InChI=1S/C31H33N3O2.C30H31N3O2.C26H31N3O3.C25H25N3O2/c1-23-12-14-25(15-13-23)22-34-28-11-7-6-10-27(28)20-29(34)31(36)33-18-16-26(17-19-33)30(35)32(2)21-24-8-4-3-5-9-24;1-31(21-23-10-4-2-5-11-23)29(34)25-16-18-32(19-17-25)30(35)28-20-26-14-8-9-15-27(26)33(28)22-24-12-6-3-7-13-24;1-27(19-20-8-4-3-5-9-20)25(30)21-12-14-28(15-13-21)26(31)24-18-22-10-6-7-11-23(22)29(24)16-17-32-2;1-3-28-22-12-8-7-11-21(22)17-23(28)25(30)27-15-13-20(14-16-27)24(29)26(2)18-19-9-5-4-6-10-19/h3-15,20,26H,16-19,21-22H2,1-2H3;2-15,20,25H,16-19,21-22H2,1H3;3-11,18,21H,12-17,19H2,1-2H3;1,4-12,17,20H,13-16,18H2,2H3. The van der Waals surface area contributed by atoms with E-state index in [0.29, 0.717) is 179 Å². The number of aryl methyl sites for hydroxylation is 1. The Morgan fingerprint density at radius 2 is 0.549 bits per heavy atom. The smallest absolute Gasteiger partial charge is 0.271 e. The number of aromatic nitrogens is 4. The van der Waals surface area contributed by atoms with Gasteiger partial charge in [0.05, 0.1) is 12.1 Å². The minimum Gasteiger partial charge on any atom is -0.383 e. The zero-order valence-corrected chi connectivity index (χ0v) is 77.2. The van der Waals surface area contributed by atoms with Crippen molar-refractivity contribution >= 4 is 90.9 Å². The van der Waals surface area contributed by atoms with Crippen molar-refractivity contribution in [3.05, 3.63) is 359 Å². The maximum atomic E-state index is 13.7. The van der Waals surface area contributed by atoms with Gasteiger partial charge in [-0.1, -0.05) is 261 Å². The fourth-order valence-electron chi connectivity index (χ4n) is 19.0. The average molecular weight is 1780 g/mol. The van der Waals surface area contributed by atoms with E-state index in [9.17, 15) is 38.4 Å². The van der Waals surface area contributed by atoms with Crippen molar-refractivity contribution in [1.29, 1.82) is 0 Å². The number of hydrogen-bond donors (Lipinski definition) is 0. The third-order valence-electron chi connectivity index (χ3n) is 26.4. The number of methoxy groups -OCH3 is 1. The van der Waals surface area contributed by atoms with Gasteiger partial charge >= 0.3 is 0 Å². The summed E-state index contributed by atoms with van der Waals surface area (Å²) in [4.78, 5) is 120. The number of nitrogens with zero attached hydrogens (tertiary/aromatic N) is 12. The molecule has 4 aromatic heterocycles. The lowest BCUT2D eigenvalue weighted by atomic mass is 9.95. The molecule has 8 amide bonds. The maximum absolute atomic E-state index is 13.7. The molecular formula is C112H120N12O9. The van der Waals surface area contributed by atoms with Gasteiger partial charge in [0, 0.05) is 201 Å². The number of fused-ring (bicyclic) bond motifs is 4. The molecule has 4 aliphatic heterocycles. The van der Waals surface area contributed by atoms with E-state index in [1.165, 1.54) is 11.1 Å². The monoisotopic (exact) mass is 1780 g/mol. The summed E-state index contributed by atoms with van der Waals surface area (Å²) >= 11 is 0. The average Bonchev–Trinajstić information content (AvgIpc) is 1.64. The third kappa shape index (κ3) is 23.0. The van der Waals surface area contributed by atoms with E-state index in [4.69, 9.17) is 11.2 Å². The van der Waals surface area contributed by atoms with E-state index < -0.39 is 0 Å². The normalized spacial score (nSPS) is 14.4. The molecule has 21 heteroatoms. The molecule has 0 aliphatic carbocycles. The molecular weight excluding hydrogens is 1660 g/mol. The summed E-state index contributed by atoms with van der Waals surface area (Å²) in [5.74, 6) is 0.506. The number of amides is 8. The molecule has 4 fully saturated rings. The summed E-state index contributed by atoms with van der Waals surface area (Å²) in [5, 5.41) is 4.14. The summed E-state index contributed by atoms with van der Waals surface area (Å²) in [6.07, 6.45) is 11.2. The number of benzene rings is 10. The van der Waals surface area contributed by atoms with Crippen molar-refractivity contribution < 1.29 is 43.1 Å². The van der Waals surface area contributed by atoms with Crippen LogP contribution in [0.4, 0.5) is 0 Å². The Balaban J connectivity index is 0.000000136. The first-order valence-corrected chi connectivity index (χ1v) is 46.5. The van der Waals surface area contributed by atoms with Gasteiger partial charge < -0.3 is 57.6 Å². The number of hydrogen-bond acceptors (Lipinski definition) is 9. The first kappa shape index (κ1) is 93.3. The van der Waals surface area contributed by atoms with Crippen LogP contribution in [0.3, 0.4) is 0 Å². The molecule has 0 unspecified atom stereocenters. The van der Waals surface area contributed by atoms with Gasteiger partial charge in [-0.15, -0.1) is 0 Å². The highest BCUT2D eigenvalue weighted by molar-refractivity contribution is 6.02. The fourth-order valence-corrected chi connectivity index (χ4v) is 19.0. The molecule has 0 saturated carbocycles. The zero-order valence-electron chi connectivity index (χ0n) is 77.2. The van der Waals surface area contributed by atoms with Gasteiger partial charge in [0.1, 0.15) is 22.8 Å². The Hall–Kier alpha value is -14.4. The number of ether oxygens (including phenoxy) is 1. The first-order valence-electron chi connectivity index (χ1n) is 46.5. The second-order valence-electron chi connectivity index (χ2n) is 35.6. The van der Waals surface area contributed by atoms with Gasteiger partial charge in [-0.2, -0.15) is 0 Å². The van der Waals surface area contributed by atoms with Gasteiger partial charge in [0.15, 0.2) is 0 Å². The van der Waals surface area contributed by atoms with Crippen LogP contribution in [0.1, 0.15) is 132 Å². The van der Waals surface area contributed by atoms with Crippen LogP contribution in [0.2, 0.25) is 0 Å². The van der Waals surface area contributed by atoms with Crippen LogP contribution in [0.5, 0.6) is 0 Å². The molecule has 0 spiro atoms. The van der Waals surface area contributed by atoms with Crippen LogP contribution in [-0.4, -0.2) is 199 Å². The van der Waals surface area contributed by atoms with Gasteiger partial charge in [-0.05, 0) is 140 Å². The first-order chi connectivity index (χ1) is 64.7. The summed E-state index contributed by atoms with van der Waals surface area (Å²) in [6, 6.07) is 101. The Labute approximate surface area is 780 Å². The largest absolute Gasteiger partial charge is 0.383 e. The predicted molar refractivity (Wildman–Crippen MR) is 526 cm³/mol. The van der Waals surface area contributed by atoms with Gasteiger partial charge in [0.2, 0.25) is 23.6 Å². The highest BCUT2D eigenvalue weighted by atomic mass is 16.5. The van der Waals surface area contributed by atoms with Crippen molar-refractivity contribution in [2.45, 2.75) is 104 Å². The van der Waals surface area contributed by atoms with Gasteiger partial charge in [0.25, 0.3) is 23.6 Å². The van der Waals surface area contributed by atoms with Crippen LogP contribution in [0.25, 0.3) is 43.6 Å². The number of piperidine rings is 4. The van der Waals surface area contributed by atoms with E-state index in [1.54, 1.807) is 21.5 Å². The van der Waals surface area contributed by atoms with E-state index >= 15 is 0 Å². The summed E-state index contributed by atoms with van der Waals surface area (Å²) in [5.41, 5.74) is 14.7. The number of terminal acetylenes is 1. The fraction of sp³-hybridized carbons (Fsp3) is 0.304. The number of rotatable bonds is 23. The molecule has 14 aromatic rings. The summed E-state index contributed by atoms with van der Waals surface area (Å²) < 4.78 is 13.2. The van der Waals surface area contributed by atoms with Crippen molar-refractivity contribution in [1.82, 2.24) is 57.5 Å². The molecule has 4 saturated heterocycles. The molecule has 21 nitrogen and oxygen atoms in total. The van der Waals surface area contributed by atoms with E-state index in [0.717, 1.165) is 71.4 Å². The zero-order chi connectivity index (χ0) is 92.9. The molecule has 18 rings (SSSR count). The summed E-state index contributed by atoms with van der Waals surface area (Å²) in [7, 11) is 9.12. The molecule has 0 atom stereocenters. The van der Waals surface area contributed by atoms with Crippen LogP contribution in [-0.2, 0) is 69.7 Å². The molecule has 133 heavy (non-hydrogen) atoms. The minimum atomic E-state index is -0.0762. The van der Waals surface area contributed by atoms with Crippen LogP contribution >= 0.6 is 0 Å². The lowest BCUT2D eigenvalue weighted by Gasteiger charge is -2.33. The molecule has 10 aromatic carbocycles. The Morgan fingerprint density at radius 1 is 0.308 bits per heavy atom. The second kappa shape index (κ2) is 44.5. The maximum Gasteiger partial charge on any atom is 0.271 e. The Bertz CT molecular complexity index is 6370. The Kier molecular flexibility index (Phi) is 31.2. The lowest BCUT2D eigenvalue weighted by molar-refractivity contribution is -0.136. The topological polar surface area (TPSA) is 191 Å². The van der Waals surface area contributed by atoms with Gasteiger partial charge in [-0.25, -0.2) is 0 Å². The van der Waals surface area contributed by atoms with Crippen LogP contribution in [0, 0.1) is 43.1 Å². The number of likely N-dealkylation sites (tertiary alicyclic amines) is 4. The molecule has 0 bridgehead atoms. The van der Waals surface area contributed by atoms with Crippen molar-refractivity contribution in [3.8, 4) is 12.5 Å². The highest BCUT2D eigenvalue weighted by Crippen LogP contribution is 2.33. The minimum absolute atomic E-state index is 0.0286.